The molecule has 2 saturated carbocycles. The third kappa shape index (κ3) is 2.56. The van der Waals surface area contributed by atoms with Crippen molar-refractivity contribution >= 4 is 5.91 Å². The Bertz CT molecular complexity index is 430. The number of rotatable bonds is 3. The van der Waals surface area contributed by atoms with Crippen LogP contribution in [-0.4, -0.2) is 28.2 Å². The van der Waals surface area contributed by atoms with E-state index in [4.69, 9.17) is 5.73 Å². The summed E-state index contributed by atoms with van der Waals surface area (Å²) in [5.41, 5.74) is 7.48. The van der Waals surface area contributed by atoms with Gasteiger partial charge in [0.15, 0.2) is 0 Å². The molecule has 2 aliphatic rings. The van der Waals surface area contributed by atoms with Gasteiger partial charge in [-0.2, -0.15) is 5.10 Å². The number of hydrogen-bond donors (Lipinski definition) is 3. The Hall–Kier alpha value is -1.36. The molecule has 1 aromatic rings. The zero-order valence-corrected chi connectivity index (χ0v) is 10.5. The molecule has 1 amide bonds. The molecule has 0 aliphatic heterocycles. The standard InChI is InChI=1S/C13H20N4O/c14-9-3-5-10(6-4-9)15-13(18)12-7-11(16-17-12)8-1-2-8/h7-10H,1-6,14H2,(H,15,18)(H,16,17). The molecule has 5 heteroatoms. The van der Waals surface area contributed by atoms with Crippen LogP contribution in [0.25, 0.3) is 0 Å². The summed E-state index contributed by atoms with van der Waals surface area (Å²) in [6.45, 7) is 0. The number of nitrogens with two attached hydrogens (primary N) is 1. The van der Waals surface area contributed by atoms with Crippen LogP contribution in [0.1, 0.15) is 60.6 Å². The highest BCUT2D eigenvalue weighted by molar-refractivity contribution is 5.92. The Kier molecular flexibility index (Phi) is 3.07. The first-order valence-corrected chi connectivity index (χ1v) is 6.84. The first kappa shape index (κ1) is 11.7. The fourth-order valence-electron chi connectivity index (χ4n) is 2.58. The summed E-state index contributed by atoms with van der Waals surface area (Å²) < 4.78 is 0. The van der Waals surface area contributed by atoms with E-state index in [-0.39, 0.29) is 11.9 Å². The van der Waals surface area contributed by atoms with Crippen LogP contribution in [0.4, 0.5) is 0 Å². The molecular formula is C13H20N4O. The van der Waals surface area contributed by atoms with Gasteiger partial charge in [0, 0.05) is 23.7 Å². The maximum absolute atomic E-state index is 12.0. The fourth-order valence-corrected chi connectivity index (χ4v) is 2.58. The van der Waals surface area contributed by atoms with Gasteiger partial charge in [-0.05, 0) is 44.6 Å². The fraction of sp³-hybridized carbons (Fsp3) is 0.692. The van der Waals surface area contributed by atoms with Gasteiger partial charge in [-0.25, -0.2) is 0 Å². The van der Waals surface area contributed by atoms with E-state index >= 15 is 0 Å². The van der Waals surface area contributed by atoms with Crippen LogP contribution in [0.5, 0.6) is 0 Å². The van der Waals surface area contributed by atoms with Gasteiger partial charge in [-0.15, -0.1) is 0 Å². The lowest BCUT2D eigenvalue weighted by Crippen LogP contribution is -2.40. The third-order valence-corrected chi connectivity index (χ3v) is 3.95. The van der Waals surface area contributed by atoms with Gasteiger partial charge >= 0.3 is 0 Å². The number of carbonyl (C=O) groups is 1. The van der Waals surface area contributed by atoms with Gasteiger partial charge in [0.2, 0.25) is 0 Å². The molecule has 0 spiro atoms. The lowest BCUT2D eigenvalue weighted by Gasteiger charge is -2.26. The summed E-state index contributed by atoms with van der Waals surface area (Å²) in [6, 6.07) is 2.46. The Labute approximate surface area is 107 Å². The van der Waals surface area contributed by atoms with Crippen LogP contribution >= 0.6 is 0 Å². The van der Waals surface area contributed by atoms with Crippen molar-refractivity contribution in [2.75, 3.05) is 0 Å². The predicted octanol–water partition coefficient (Wildman–Crippen LogP) is 1.29. The first-order valence-electron chi connectivity index (χ1n) is 6.84. The van der Waals surface area contributed by atoms with Gasteiger partial charge in [-0.1, -0.05) is 0 Å². The number of aromatic amines is 1. The second-order valence-corrected chi connectivity index (χ2v) is 5.57. The van der Waals surface area contributed by atoms with E-state index < -0.39 is 0 Å². The van der Waals surface area contributed by atoms with E-state index in [1.165, 1.54) is 12.8 Å². The molecule has 1 heterocycles. The lowest BCUT2D eigenvalue weighted by molar-refractivity contribution is 0.0921. The summed E-state index contributed by atoms with van der Waals surface area (Å²) in [5, 5.41) is 10.1. The van der Waals surface area contributed by atoms with E-state index in [9.17, 15) is 4.79 Å². The molecular weight excluding hydrogens is 228 g/mol. The van der Waals surface area contributed by atoms with Gasteiger partial charge in [0.05, 0.1) is 0 Å². The van der Waals surface area contributed by atoms with Gasteiger partial charge in [-0.3, -0.25) is 9.89 Å². The highest BCUT2D eigenvalue weighted by Crippen LogP contribution is 2.38. The quantitative estimate of drug-likeness (QED) is 0.753. The molecule has 1 aromatic heterocycles. The minimum Gasteiger partial charge on any atom is -0.348 e. The summed E-state index contributed by atoms with van der Waals surface area (Å²) in [4.78, 5) is 12.0. The third-order valence-electron chi connectivity index (χ3n) is 3.95. The molecule has 0 atom stereocenters. The number of amides is 1. The van der Waals surface area contributed by atoms with Crippen LogP contribution in [0.2, 0.25) is 0 Å². The van der Waals surface area contributed by atoms with E-state index in [2.05, 4.69) is 15.5 Å². The predicted molar refractivity (Wildman–Crippen MR) is 68.3 cm³/mol. The van der Waals surface area contributed by atoms with Crippen molar-refractivity contribution in [1.29, 1.82) is 0 Å². The number of carbonyl (C=O) groups excluding carboxylic acids is 1. The highest BCUT2D eigenvalue weighted by atomic mass is 16.2. The number of nitrogens with zero attached hydrogens (tertiary/aromatic N) is 1. The number of hydrogen-bond acceptors (Lipinski definition) is 3. The molecule has 0 bridgehead atoms. The van der Waals surface area contributed by atoms with Crippen molar-refractivity contribution in [3.05, 3.63) is 17.5 Å². The number of H-pyrrole nitrogens is 1. The van der Waals surface area contributed by atoms with Gasteiger partial charge < -0.3 is 11.1 Å². The normalized spacial score (nSPS) is 28.1. The van der Waals surface area contributed by atoms with Crippen molar-refractivity contribution in [1.82, 2.24) is 15.5 Å². The summed E-state index contributed by atoms with van der Waals surface area (Å²) in [6.07, 6.45) is 6.38. The van der Waals surface area contributed by atoms with Crippen LogP contribution < -0.4 is 11.1 Å². The maximum Gasteiger partial charge on any atom is 0.271 e. The highest BCUT2D eigenvalue weighted by Gasteiger charge is 2.27. The SMILES string of the molecule is NC1CCC(NC(=O)c2cc(C3CC3)[nH]n2)CC1. The molecule has 0 unspecified atom stereocenters. The molecule has 2 aliphatic carbocycles. The van der Waals surface area contributed by atoms with E-state index in [0.717, 1.165) is 31.4 Å². The summed E-state index contributed by atoms with van der Waals surface area (Å²) in [5.74, 6) is 0.547. The molecule has 0 radical (unpaired) electrons. The van der Waals surface area contributed by atoms with Crippen molar-refractivity contribution in [3.63, 3.8) is 0 Å². The van der Waals surface area contributed by atoms with Crippen LogP contribution in [0.15, 0.2) is 6.07 Å². The Morgan fingerprint density at radius 2 is 2.00 bits per heavy atom. The zero-order chi connectivity index (χ0) is 12.5. The van der Waals surface area contributed by atoms with Crippen molar-refractivity contribution < 1.29 is 4.79 Å². The zero-order valence-electron chi connectivity index (χ0n) is 10.5. The van der Waals surface area contributed by atoms with Crippen molar-refractivity contribution in [2.45, 2.75) is 56.5 Å². The van der Waals surface area contributed by atoms with Crippen molar-refractivity contribution in [2.24, 2.45) is 5.73 Å². The monoisotopic (exact) mass is 248 g/mol. The molecule has 98 valence electrons. The van der Waals surface area contributed by atoms with E-state index in [0.29, 0.717) is 17.7 Å². The number of nitrogens with one attached hydrogen (secondary N) is 2. The average Bonchev–Trinajstić information content (AvgIpc) is 3.10. The minimum atomic E-state index is -0.0568. The Morgan fingerprint density at radius 1 is 1.28 bits per heavy atom. The van der Waals surface area contributed by atoms with Gasteiger partial charge in [0.1, 0.15) is 5.69 Å². The molecule has 5 nitrogen and oxygen atoms in total. The largest absolute Gasteiger partial charge is 0.348 e. The van der Waals surface area contributed by atoms with Gasteiger partial charge in [0.25, 0.3) is 5.91 Å². The smallest absolute Gasteiger partial charge is 0.271 e. The minimum absolute atomic E-state index is 0.0568. The molecule has 3 rings (SSSR count). The Morgan fingerprint density at radius 3 is 2.67 bits per heavy atom. The molecule has 4 N–H and O–H groups in total. The van der Waals surface area contributed by atoms with Crippen molar-refractivity contribution in [3.8, 4) is 0 Å². The second kappa shape index (κ2) is 4.72. The molecule has 0 aromatic carbocycles. The van der Waals surface area contributed by atoms with Crippen LogP contribution in [0, 0.1) is 0 Å². The van der Waals surface area contributed by atoms with Crippen LogP contribution in [0.3, 0.4) is 0 Å². The van der Waals surface area contributed by atoms with E-state index in [1.54, 1.807) is 0 Å². The molecule has 18 heavy (non-hydrogen) atoms. The van der Waals surface area contributed by atoms with Crippen LogP contribution in [-0.2, 0) is 0 Å². The Balaban J connectivity index is 1.56. The maximum atomic E-state index is 12.0. The second-order valence-electron chi connectivity index (χ2n) is 5.57. The average molecular weight is 248 g/mol. The summed E-state index contributed by atoms with van der Waals surface area (Å²) >= 11 is 0. The van der Waals surface area contributed by atoms with E-state index in [1.807, 2.05) is 6.07 Å². The first-order chi connectivity index (χ1) is 8.72. The topological polar surface area (TPSA) is 83.8 Å². The lowest BCUT2D eigenvalue weighted by atomic mass is 9.92. The summed E-state index contributed by atoms with van der Waals surface area (Å²) in [7, 11) is 0. The number of aromatic nitrogens is 2. The molecule has 2 fully saturated rings. The molecule has 0 saturated heterocycles.